The molecule has 0 spiro atoms. The van der Waals surface area contributed by atoms with Gasteiger partial charge in [0.2, 0.25) is 0 Å². The van der Waals surface area contributed by atoms with Crippen LogP contribution in [0, 0.1) is 25.8 Å². The van der Waals surface area contributed by atoms with E-state index < -0.39 is 13.7 Å². The number of aromatic nitrogens is 2. The summed E-state index contributed by atoms with van der Waals surface area (Å²) in [5.74, 6) is 0. The van der Waals surface area contributed by atoms with E-state index in [1.807, 2.05) is 72.1 Å². The minimum absolute atomic E-state index is 0. The molecule has 0 saturated heterocycles. The Morgan fingerprint density at radius 2 is 1.70 bits per heavy atom. The van der Waals surface area contributed by atoms with Gasteiger partial charge in [-0.2, -0.15) is 0 Å². The molecule has 183 valence electrons. The van der Waals surface area contributed by atoms with Crippen molar-refractivity contribution in [3.63, 3.8) is 0 Å². The number of hydrogen-bond acceptors (Lipinski definition) is 4. The molecule has 3 aromatic carbocycles. The van der Waals surface area contributed by atoms with E-state index in [1.165, 1.54) is 6.07 Å². The van der Waals surface area contributed by atoms with Gasteiger partial charge in [-0.1, -0.05) is 46.8 Å². The molecule has 0 aliphatic carbocycles. The third kappa shape index (κ3) is 4.86. The molecular formula is C32H22IrN2OS-2. The third-order valence-electron chi connectivity index (χ3n) is 5.83. The number of benzene rings is 3. The molecule has 4 heterocycles. The van der Waals surface area contributed by atoms with E-state index in [1.54, 1.807) is 23.6 Å². The van der Waals surface area contributed by atoms with Gasteiger partial charge in [0.1, 0.15) is 5.58 Å². The number of rotatable bonds is 2. The fraction of sp³-hybridized carbons (Fsp3) is 0.0625. The van der Waals surface area contributed by atoms with Crippen molar-refractivity contribution in [2.24, 2.45) is 0 Å². The van der Waals surface area contributed by atoms with E-state index >= 15 is 0 Å². The fourth-order valence-electron chi connectivity index (χ4n) is 4.08. The van der Waals surface area contributed by atoms with Crippen LogP contribution in [0.5, 0.6) is 0 Å². The fourth-order valence-corrected chi connectivity index (χ4v) is 4.96. The first-order valence-electron chi connectivity index (χ1n) is 14.2. The Morgan fingerprint density at radius 3 is 2.51 bits per heavy atom. The van der Waals surface area contributed by atoms with Crippen molar-refractivity contribution in [2.45, 2.75) is 13.7 Å². The van der Waals surface area contributed by atoms with Gasteiger partial charge in [-0.25, -0.2) is 0 Å². The number of nitrogens with zero attached hydrogens (tertiary/aromatic N) is 2. The van der Waals surface area contributed by atoms with Crippen LogP contribution >= 0.6 is 11.3 Å². The molecule has 1 radical (unpaired) electrons. The van der Waals surface area contributed by atoms with Crippen molar-refractivity contribution < 1.29 is 32.7 Å². The summed E-state index contributed by atoms with van der Waals surface area (Å²) in [6.45, 7) is -5.17. The average Bonchev–Trinajstić information content (AvgIpc) is 3.62. The molecule has 0 aliphatic rings. The Labute approximate surface area is 241 Å². The Morgan fingerprint density at radius 1 is 0.811 bits per heavy atom. The number of furan rings is 1. The van der Waals surface area contributed by atoms with Gasteiger partial charge in [0.05, 0.1) is 10.3 Å². The molecule has 0 bridgehead atoms. The van der Waals surface area contributed by atoms with Gasteiger partial charge in [-0.15, -0.1) is 65.4 Å². The first-order chi connectivity index (χ1) is 20.1. The molecule has 0 saturated carbocycles. The zero-order valence-electron chi connectivity index (χ0n) is 25.3. The van der Waals surface area contributed by atoms with Gasteiger partial charge in [0.25, 0.3) is 0 Å². The van der Waals surface area contributed by atoms with E-state index in [0.717, 1.165) is 43.9 Å². The molecule has 0 amide bonds. The van der Waals surface area contributed by atoms with Crippen LogP contribution in [-0.4, -0.2) is 9.97 Å². The van der Waals surface area contributed by atoms with E-state index in [0.29, 0.717) is 16.8 Å². The minimum Gasteiger partial charge on any atom is -0.499 e. The predicted octanol–water partition coefficient (Wildman–Crippen LogP) is 8.83. The summed E-state index contributed by atoms with van der Waals surface area (Å²) < 4.78 is 53.6. The second-order valence-corrected chi connectivity index (χ2v) is 9.00. The molecule has 0 aliphatic heterocycles. The number of aryl methyl sites for hydroxylation is 2. The monoisotopic (exact) mass is 681 g/mol. The first kappa shape index (κ1) is 18.6. The summed E-state index contributed by atoms with van der Waals surface area (Å²) in [7, 11) is 0. The van der Waals surface area contributed by atoms with Crippen LogP contribution in [0.15, 0.2) is 101 Å². The summed E-state index contributed by atoms with van der Waals surface area (Å²) in [5.41, 5.74) is 3.60. The second kappa shape index (κ2) is 10.8. The normalized spacial score (nSPS) is 13.8. The summed E-state index contributed by atoms with van der Waals surface area (Å²) in [4.78, 5) is 8.48. The minimum atomic E-state index is -2.59. The molecule has 3 nitrogen and oxygen atoms in total. The molecule has 0 N–H and O–H groups in total. The zero-order chi connectivity index (χ0) is 29.5. The van der Waals surface area contributed by atoms with Crippen LogP contribution in [0.3, 0.4) is 0 Å². The van der Waals surface area contributed by atoms with E-state index in [2.05, 4.69) is 22.1 Å². The van der Waals surface area contributed by atoms with Crippen molar-refractivity contribution in [3.05, 3.63) is 120 Å². The van der Waals surface area contributed by atoms with Gasteiger partial charge < -0.3 is 14.4 Å². The molecule has 0 fully saturated rings. The molecule has 5 heteroatoms. The van der Waals surface area contributed by atoms with Gasteiger partial charge in [-0.05, 0) is 53.6 Å². The van der Waals surface area contributed by atoms with E-state index in [4.69, 9.17) is 12.6 Å². The van der Waals surface area contributed by atoms with Crippen LogP contribution in [0.1, 0.15) is 19.4 Å². The number of hydrogen-bond donors (Lipinski definition) is 0. The number of pyridine rings is 2. The smallest absolute Gasteiger partial charge is 0.138 e. The number of thiophene rings is 1. The Kier molecular flexibility index (Phi) is 5.41. The SMILES string of the molecule is [2H]C([2H])([2H])c1cnc(-c2[c-]ccc3c2oc2c3ccc3ccsc32)cc1C([2H])([2H])[2H].[Ir].[c-]1ccccc1-c1ccccn1. The first-order valence-corrected chi connectivity index (χ1v) is 12.1. The summed E-state index contributed by atoms with van der Waals surface area (Å²) in [6, 6.07) is 30.9. The summed E-state index contributed by atoms with van der Waals surface area (Å²) in [6.07, 6.45) is 2.91. The van der Waals surface area contributed by atoms with Crippen LogP contribution in [0.4, 0.5) is 0 Å². The Balaban J connectivity index is 0.000000238. The Bertz CT molecular complexity index is 1980. The maximum Gasteiger partial charge on any atom is 0.138 e. The van der Waals surface area contributed by atoms with Crippen molar-refractivity contribution >= 4 is 43.4 Å². The molecule has 0 atom stereocenters. The van der Waals surface area contributed by atoms with Crippen LogP contribution in [0.25, 0.3) is 54.5 Å². The molecule has 0 unspecified atom stereocenters. The standard InChI is InChI=1S/C21H14NOS.C11H8N.Ir/c1-12-10-18(22-11-13(12)2)17-5-3-4-15-16-7-6-14-8-9-24-21(14)20(16)23-19(15)17;1-2-6-10(7-3-1)11-8-4-5-9-12-11;/h3-4,6-11H,1-2H3;1-6,8-9H;/q2*-1;/i1D3,2D3;;. The Hall–Kier alpha value is -3.63. The van der Waals surface area contributed by atoms with Crippen molar-refractivity contribution in [2.75, 3.05) is 0 Å². The third-order valence-corrected chi connectivity index (χ3v) is 6.76. The van der Waals surface area contributed by atoms with E-state index in [-0.39, 0.29) is 31.2 Å². The van der Waals surface area contributed by atoms with Crippen LogP contribution in [-0.2, 0) is 20.1 Å². The van der Waals surface area contributed by atoms with Crippen LogP contribution in [0.2, 0.25) is 0 Å². The maximum absolute atomic E-state index is 7.80. The second-order valence-electron chi connectivity index (χ2n) is 8.09. The molecule has 4 aromatic heterocycles. The average molecular weight is 681 g/mol. The maximum atomic E-state index is 7.80. The van der Waals surface area contributed by atoms with Gasteiger partial charge in [-0.3, -0.25) is 0 Å². The zero-order valence-corrected chi connectivity index (χ0v) is 22.5. The topological polar surface area (TPSA) is 38.9 Å². The summed E-state index contributed by atoms with van der Waals surface area (Å²) in [5, 5.41) is 4.90. The molecule has 7 rings (SSSR count). The van der Waals surface area contributed by atoms with Crippen molar-refractivity contribution in [3.8, 4) is 22.5 Å². The molecular weight excluding hydrogens is 653 g/mol. The molecule has 37 heavy (non-hydrogen) atoms. The van der Waals surface area contributed by atoms with Crippen molar-refractivity contribution in [1.82, 2.24) is 9.97 Å². The summed E-state index contributed by atoms with van der Waals surface area (Å²) >= 11 is 1.59. The quantitative estimate of drug-likeness (QED) is 0.171. The predicted molar refractivity (Wildman–Crippen MR) is 149 cm³/mol. The van der Waals surface area contributed by atoms with Gasteiger partial charge >= 0.3 is 0 Å². The number of fused-ring (bicyclic) bond motifs is 5. The van der Waals surface area contributed by atoms with E-state index in [9.17, 15) is 0 Å². The van der Waals surface area contributed by atoms with Gasteiger partial charge in [0, 0.05) is 46.1 Å². The largest absolute Gasteiger partial charge is 0.499 e. The molecule has 7 aromatic rings. The van der Waals surface area contributed by atoms with Crippen molar-refractivity contribution in [1.29, 1.82) is 0 Å². The van der Waals surface area contributed by atoms with Crippen LogP contribution < -0.4 is 0 Å². The van der Waals surface area contributed by atoms with Gasteiger partial charge in [0.15, 0.2) is 0 Å².